The monoisotopic (exact) mass is 309 g/mol. The van der Waals surface area contributed by atoms with E-state index in [1.165, 1.54) is 0 Å². The molecule has 1 aromatic rings. The Balaban J connectivity index is 2.43. The number of benzene rings is 1. The Bertz CT molecular complexity index is 502. The van der Waals surface area contributed by atoms with Crippen LogP contribution >= 0.6 is 0 Å². The van der Waals surface area contributed by atoms with Gasteiger partial charge in [-0.2, -0.15) is 0 Å². The van der Waals surface area contributed by atoms with Gasteiger partial charge >= 0.3 is 11.9 Å². The second-order valence-electron chi connectivity index (χ2n) is 4.45. The molecule has 0 heterocycles. The molecule has 1 rings (SSSR count). The van der Waals surface area contributed by atoms with Gasteiger partial charge in [0.2, 0.25) is 5.91 Å². The van der Waals surface area contributed by atoms with Crippen LogP contribution < -0.4 is 5.32 Å². The molecule has 7 heteroatoms. The third-order valence-corrected chi connectivity index (χ3v) is 2.68. The summed E-state index contributed by atoms with van der Waals surface area (Å²) in [6.45, 7) is 1.85. The molecule has 2 N–H and O–H groups in total. The summed E-state index contributed by atoms with van der Waals surface area (Å²) in [6, 6.07) is 7.67. The molecule has 1 amide bonds. The summed E-state index contributed by atoms with van der Waals surface area (Å²) in [6.07, 6.45) is -0.444. The molecule has 0 unspecified atom stereocenters. The van der Waals surface area contributed by atoms with Crippen molar-refractivity contribution in [2.75, 3.05) is 13.2 Å². The highest BCUT2D eigenvalue weighted by Crippen LogP contribution is 2.03. The number of nitrogens with one attached hydrogen (secondary N) is 1. The number of hydrogen-bond donors (Lipinski definition) is 2. The molecule has 120 valence electrons. The largest absolute Gasteiger partial charge is 0.480 e. The molecule has 0 radical (unpaired) electrons. The number of carboxylic acid groups (broad SMARTS) is 1. The molecule has 0 bridgehead atoms. The first kappa shape index (κ1) is 17.6. The highest BCUT2D eigenvalue weighted by atomic mass is 16.5. The summed E-state index contributed by atoms with van der Waals surface area (Å²) in [4.78, 5) is 34.1. The standard InChI is InChI=1S/C15H19NO6/c1-2-21-10-13(17)16-12(15(19)20)8-14(18)22-9-11-6-4-3-5-7-11/h3-7,12H,2,8-10H2,1H3,(H,16,17)(H,19,20)/t12-/m1/s1. The Hall–Kier alpha value is -2.41. The number of aliphatic carboxylic acids is 1. The molecule has 1 atom stereocenters. The molecule has 0 saturated heterocycles. The zero-order valence-electron chi connectivity index (χ0n) is 12.3. The van der Waals surface area contributed by atoms with Crippen molar-refractivity contribution in [3.8, 4) is 0 Å². The minimum atomic E-state index is -1.34. The molecule has 0 spiro atoms. The van der Waals surface area contributed by atoms with Gasteiger partial charge in [0.15, 0.2) is 0 Å². The van der Waals surface area contributed by atoms with Gasteiger partial charge in [-0.25, -0.2) is 4.79 Å². The van der Waals surface area contributed by atoms with Crippen molar-refractivity contribution in [1.29, 1.82) is 0 Å². The minimum absolute atomic E-state index is 0.0545. The quantitative estimate of drug-likeness (QED) is 0.652. The molecule has 0 aliphatic rings. The maximum atomic E-state index is 11.7. The number of rotatable bonds is 9. The molecule has 0 saturated carbocycles. The summed E-state index contributed by atoms with van der Waals surface area (Å²) < 4.78 is 9.85. The minimum Gasteiger partial charge on any atom is -0.480 e. The van der Waals surface area contributed by atoms with Crippen LogP contribution in [0.15, 0.2) is 30.3 Å². The molecule has 0 aliphatic heterocycles. The summed E-state index contributed by atoms with van der Waals surface area (Å²) in [7, 11) is 0. The van der Waals surface area contributed by atoms with Gasteiger partial charge in [-0.05, 0) is 12.5 Å². The fourth-order valence-electron chi connectivity index (χ4n) is 1.59. The molecule has 0 fully saturated rings. The van der Waals surface area contributed by atoms with Gasteiger partial charge in [-0.3, -0.25) is 9.59 Å². The van der Waals surface area contributed by atoms with Crippen molar-refractivity contribution in [3.05, 3.63) is 35.9 Å². The van der Waals surface area contributed by atoms with Crippen molar-refractivity contribution in [2.24, 2.45) is 0 Å². The van der Waals surface area contributed by atoms with E-state index < -0.39 is 30.3 Å². The van der Waals surface area contributed by atoms with E-state index >= 15 is 0 Å². The van der Waals surface area contributed by atoms with E-state index in [9.17, 15) is 14.4 Å². The maximum Gasteiger partial charge on any atom is 0.326 e. The molecular formula is C15H19NO6. The van der Waals surface area contributed by atoms with Gasteiger partial charge in [0.25, 0.3) is 0 Å². The third-order valence-electron chi connectivity index (χ3n) is 2.68. The van der Waals surface area contributed by atoms with Crippen LogP contribution in [0.5, 0.6) is 0 Å². The average molecular weight is 309 g/mol. The zero-order valence-corrected chi connectivity index (χ0v) is 12.3. The van der Waals surface area contributed by atoms with Crippen LogP contribution in [0.2, 0.25) is 0 Å². The Morgan fingerprint density at radius 2 is 1.91 bits per heavy atom. The van der Waals surface area contributed by atoms with E-state index in [1.54, 1.807) is 31.2 Å². The predicted molar refractivity (Wildman–Crippen MR) is 76.9 cm³/mol. The Labute approximate surface area is 128 Å². The van der Waals surface area contributed by atoms with Crippen LogP contribution in [-0.4, -0.2) is 42.2 Å². The SMILES string of the molecule is CCOCC(=O)N[C@H](CC(=O)OCc1ccccc1)C(=O)O. The second-order valence-corrected chi connectivity index (χ2v) is 4.45. The number of ether oxygens (including phenoxy) is 2. The number of carbonyl (C=O) groups is 3. The van der Waals surface area contributed by atoms with Gasteiger partial charge in [-0.1, -0.05) is 30.3 Å². The lowest BCUT2D eigenvalue weighted by Gasteiger charge is -2.14. The first-order valence-electron chi connectivity index (χ1n) is 6.82. The molecule has 0 aromatic heterocycles. The Kier molecular flexibility index (Phi) is 7.63. The highest BCUT2D eigenvalue weighted by molar-refractivity contribution is 5.87. The van der Waals surface area contributed by atoms with Gasteiger partial charge in [0.05, 0.1) is 6.42 Å². The number of amides is 1. The van der Waals surface area contributed by atoms with Crippen molar-refractivity contribution in [3.63, 3.8) is 0 Å². The van der Waals surface area contributed by atoms with E-state index in [4.69, 9.17) is 14.6 Å². The first-order chi connectivity index (χ1) is 10.5. The molecule has 0 aliphatic carbocycles. The summed E-state index contributed by atoms with van der Waals surface area (Å²) in [5.41, 5.74) is 0.795. The topological polar surface area (TPSA) is 102 Å². The van der Waals surface area contributed by atoms with Crippen LogP contribution in [0.3, 0.4) is 0 Å². The van der Waals surface area contributed by atoms with E-state index in [0.717, 1.165) is 5.56 Å². The maximum absolute atomic E-state index is 11.7. The van der Waals surface area contributed by atoms with Crippen molar-refractivity contribution >= 4 is 17.8 Å². The fraction of sp³-hybridized carbons (Fsp3) is 0.400. The van der Waals surface area contributed by atoms with E-state index in [2.05, 4.69) is 5.32 Å². The summed E-state index contributed by atoms with van der Waals surface area (Å²) >= 11 is 0. The van der Waals surface area contributed by atoms with Crippen LogP contribution in [0.4, 0.5) is 0 Å². The lowest BCUT2D eigenvalue weighted by molar-refractivity contribution is -0.151. The van der Waals surface area contributed by atoms with Gasteiger partial charge in [-0.15, -0.1) is 0 Å². The fourth-order valence-corrected chi connectivity index (χ4v) is 1.59. The van der Waals surface area contributed by atoms with Gasteiger partial charge in [0, 0.05) is 6.61 Å². The summed E-state index contributed by atoms with van der Waals surface area (Å²) in [5, 5.41) is 11.2. The summed E-state index contributed by atoms with van der Waals surface area (Å²) in [5.74, 6) is -2.60. The molecule has 1 aromatic carbocycles. The number of hydrogen-bond acceptors (Lipinski definition) is 5. The average Bonchev–Trinajstić information content (AvgIpc) is 2.51. The van der Waals surface area contributed by atoms with Crippen LogP contribution in [0.25, 0.3) is 0 Å². The van der Waals surface area contributed by atoms with Crippen LogP contribution in [0, 0.1) is 0 Å². The van der Waals surface area contributed by atoms with E-state index in [-0.39, 0.29) is 13.2 Å². The van der Waals surface area contributed by atoms with E-state index in [0.29, 0.717) is 6.61 Å². The van der Waals surface area contributed by atoms with Crippen molar-refractivity contribution < 1.29 is 29.0 Å². The third kappa shape index (κ3) is 6.85. The Morgan fingerprint density at radius 1 is 1.23 bits per heavy atom. The molecular weight excluding hydrogens is 290 g/mol. The van der Waals surface area contributed by atoms with E-state index in [1.807, 2.05) is 6.07 Å². The highest BCUT2D eigenvalue weighted by Gasteiger charge is 2.24. The van der Waals surface area contributed by atoms with Crippen LogP contribution in [0.1, 0.15) is 18.9 Å². The van der Waals surface area contributed by atoms with Crippen molar-refractivity contribution in [1.82, 2.24) is 5.32 Å². The smallest absolute Gasteiger partial charge is 0.326 e. The predicted octanol–water partition coefficient (Wildman–Crippen LogP) is 0.726. The molecule has 7 nitrogen and oxygen atoms in total. The Morgan fingerprint density at radius 3 is 2.50 bits per heavy atom. The number of esters is 1. The number of carboxylic acids is 1. The van der Waals surface area contributed by atoms with Gasteiger partial charge < -0.3 is 19.9 Å². The zero-order chi connectivity index (χ0) is 16.4. The number of carbonyl (C=O) groups excluding carboxylic acids is 2. The normalized spacial score (nSPS) is 11.5. The first-order valence-corrected chi connectivity index (χ1v) is 6.82. The second kappa shape index (κ2) is 9.51. The lowest BCUT2D eigenvalue weighted by Crippen LogP contribution is -2.44. The van der Waals surface area contributed by atoms with Crippen LogP contribution in [-0.2, 0) is 30.5 Å². The lowest BCUT2D eigenvalue weighted by atomic mass is 10.2. The van der Waals surface area contributed by atoms with Gasteiger partial charge in [0.1, 0.15) is 19.3 Å². The van der Waals surface area contributed by atoms with Crippen molar-refractivity contribution in [2.45, 2.75) is 26.0 Å². The molecule has 22 heavy (non-hydrogen) atoms.